The second-order valence-electron chi connectivity index (χ2n) is 11.3. The number of rotatable bonds is 12. The van der Waals surface area contributed by atoms with Crippen LogP contribution in [0.3, 0.4) is 0 Å². The van der Waals surface area contributed by atoms with Crippen molar-refractivity contribution in [2.75, 3.05) is 13.2 Å². The summed E-state index contributed by atoms with van der Waals surface area (Å²) in [6.45, 7) is 11.4. The number of halogens is 6. The molecule has 0 aliphatic rings. The fourth-order valence-electron chi connectivity index (χ4n) is 4.39. The molecule has 0 amide bonds. The number of esters is 1. The van der Waals surface area contributed by atoms with Gasteiger partial charge in [-0.25, -0.2) is 4.68 Å². The third-order valence-corrected chi connectivity index (χ3v) is 6.42. The average Bonchev–Trinajstić information content (AvgIpc) is 3.39. The monoisotopic (exact) mass is 677 g/mol. The van der Waals surface area contributed by atoms with E-state index < -0.39 is 29.5 Å². The zero-order valence-electron chi connectivity index (χ0n) is 26.5. The van der Waals surface area contributed by atoms with Crippen LogP contribution in [0.25, 0.3) is 22.5 Å². The molecule has 0 radical (unpaired) electrons. The number of hydrogen-bond acceptors (Lipinski definition) is 7. The number of benzene rings is 3. The maximum atomic E-state index is 13.6. The second-order valence-corrected chi connectivity index (χ2v) is 11.3. The third kappa shape index (κ3) is 9.93. The van der Waals surface area contributed by atoms with Crippen LogP contribution < -0.4 is 19.5 Å². The maximum Gasteiger partial charge on any atom is 0.573 e. The molecule has 256 valence electrons. The van der Waals surface area contributed by atoms with Gasteiger partial charge in [0.1, 0.15) is 28.5 Å². The van der Waals surface area contributed by atoms with E-state index in [2.05, 4.69) is 21.7 Å². The molecule has 4 rings (SSSR count). The first-order valence-electron chi connectivity index (χ1n) is 14.6. The Morgan fingerprint density at radius 3 is 2.15 bits per heavy atom. The van der Waals surface area contributed by atoms with Gasteiger partial charge in [-0.05, 0) is 93.4 Å². The normalized spacial score (nSPS) is 12.0. The molecule has 1 heterocycles. The smallest absolute Gasteiger partial charge is 0.492 e. The Kier molecular flexibility index (Phi) is 10.7. The van der Waals surface area contributed by atoms with E-state index in [9.17, 15) is 31.1 Å². The molecular weight excluding hydrogens is 644 g/mol. The predicted octanol–water partition coefficient (Wildman–Crippen LogP) is 8.94. The van der Waals surface area contributed by atoms with Crippen molar-refractivity contribution in [2.24, 2.45) is 0 Å². The minimum Gasteiger partial charge on any atom is -0.492 e. The van der Waals surface area contributed by atoms with Gasteiger partial charge in [0, 0.05) is 18.4 Å². The van der Waals surface area contributed by atoms with Gasteiger partial charge in [-0.2, -0.15) is 13.2 Å². The number of ether oxygens (including phenoxy) is 4. The van der Waals surface area contributed by atoms with Crippen LogP contribution >= 0.6 is 0 Å². The van der Waals surface area contributed by atoms with E-state index in [1.165, 1.54) is 24.4 Å². The van der Waals surface area contributed by atoms with E-state index >= 15 is 0 Å². The van der Waals surface area contributed by atoms with E-state index in [4.69, 9.17) is 14.2 Å². The summed E-state index contributed by atoms with van der Waals surface area (Å²) in [6.07, 6.45) is -8.04. The van der Waals surface area contributed by atoms with Crippen LogP contribution in [-0.4, -0.2) is 40.9 Å². The average molecular weight is 678 g/mol. The Morgan fingerprint density at radius 1 is 0.917 bits per heavy atom. The predicted molar refractivity (Wildman–Crippen MR) is 166 cm³/mol. The third-order valence-electron chi connectivity index (χ3n) is 6.42. The summed E-state index contributed by atoms with van der Waals surface area (Å²) in [4.78, 5) is 12.0. The van der Waals surface area contributed by atoms with Crippen LogP contribution in [0.15, 0.2) is 79.5 Å². The summed E-state index contributed by atoms with van der Waals surface area (Å²) in [7, 11) is 0. The second kappa shape index (κ2) is 14.3. The molecule has 0 atom stereocenters. The molecule has 14 heteroatoms. The van der Waals surface area contributed by atoms with Gasteiger partial charge in [0.05, 0.1) is 24.2 Å². The molecule has 3 aromatic carbocycles. The van der Waals surface area contributed by atoms with E-state index in [1.807, 2.05) is 0 Å². The molecule has 0 bridgehead atoms. The molecule has 4 aromatic rings. The molecule has 0 fully saturated rings. The number of nitrogens with one attached hydrogen (secondary N) is 1. The molecule has 0 saturated carbocycles. The van der Waals surface area contributed by atoms with E-state index in [-0.39, 0.29) is 47.6 Å². The van der Waals surface area contributed by atoms with Gasteiger partial charge in [0.15, 0.2) is 0 Å². The molecule has 0 unspecified atom stereocenters. The van der Waals surface area contributed by atoms with Gasteiger partial charge in [0.2, 0.25) is 5.88 Å². The van der Waals surface area contributed by atoms with Gasteiger partial charge < -0.3 is 24.3 Å². The van der Waals surface area contributed by atoms with Crippen molar-refractivity contribution in [1.29, 1.82) is 0 Å². The van der Waals surface area contributed by atoms with Gasteiger partial charge in [0.25, 0.3) is 0 Å². The minimum atomic E-state index is -4.90. The highest BCUT2D eigenvalue weighted by Gasteiger charge is 2.32. The van der Waals surface area contributed by atoms with Crippen LogP contribution in [0, 0.1) is 0 Å². The zero-order valence-corrected chi connectivity index (χ0v) is 26.5. The summed E-state index contributed by atoms with van der Waals surface area (Å²) in [5.74, 6) is -0.475. The van der Waals surface area contributed by atoms with Crippen molar-refractivity contribution in [1.82, 2.24) is 15.1 Å². The van der Waals surface area contributed by atoms with Gasteiger partial charge >= 0.3 is 18.5 Å². The SMILES string of the molecule is C=C(NCCC(=O)OC(C)(C)C)c1ccc(Oc2nn(-c3cc(C(F)(F)F)ccc3OCC)cc2-c2ccc(OC(F)(F)F)cc2)cc1. The highest BCUT2D eigenvalue weighted by atomic mass is 19.4. The number of carbonyl (C=O) groups is 1. The number of nitrogens with zero attached hydrogens (tertiary/aromatic N) is 2. The lowest BCUT2D eigenvalue weighted by Gasteiger charge is -2.19. The summed E-state index contributed by atoms with van der Waals surface area (Å²) >= 11 is 0. The highest BCUT2D eigenvalue weighted by Crippen LogP contribution is 2.38. The molecule has 1 N–H and O–H groups in total. The van der Waals surface area contributed by atoms with Gasteiger partial charge in [-0.15, -0.1) is 18.3 Å². The standard InChI is InChI=1S/C34H33F6N3O5/c1-6-45-29-16-11-24(33(35,36)37)19-28(29)43-20-27(23-9-14-26(15-10-23)47-34(38,39)40)31(42-43)46-25-12-7-22(8-13-25)21(2)41-18-17-30(44)48-32(3,4)5/h7-16,19-20,41H,2,6,17-18H2,1,3-5H3. The largest absolute Gasteiger partial charge is 0.573 e. The maximum absolute atomic E-state index is 13.6. The molecule has 48 heavy (non-hydrogen) atoms. The summed E-state index contributed by atoms with van der Waals surface area (Å²) in [5.41, 5.74) is 0.241. The lowest BCUT2D eigenvalue weighted by Crippen LogP contribution is -2.26. The van der Waals surface area contributed by atoms with Crippen LogP contribution in [0.4, 0.5) is 26.3 Å². The lowest BCUT2D eigenvalue weighted by atomic mass is 10.1. The van der Waals surface area contributed by atoms with Crippen molar-refractivity contribution in [3.63, 3.8) is 0 Å². The first-order valence-corrected chi connectivity index (χ1v) is 14.6. The number of carbonyl (C=O) groups excluding carboxylic acids is 1. The van der Waals surface area contributed by atoms with Crippen molar-refractivity contribution in [3.8, 4) is 39.9 Å². The van der Waals surface area contributed by atoms with Crippen molar-refractivity contribution in [3.05, 3.63) is 90.6 Å². The molecule has 0 saturated heterocycles. The lowest BCUT2D eigenvalue weighted by molar-refractivity contribution is -0.274. The molecular formula is C34H33F6N3O5. The van der Waals surface area contributed by atoms with Gasteiger partial charge in [-0.1, -0.05) is 18.7 Å². The number of aromatic nitrogens is 2. The first-order chi connectivity index (χ1) is 22.4. The fourth-order valence-corrected chi connectivity index (χ4v) is 4.39. The Morgan fingerprint density at radius 2 is 1.56 bits per heavy atom. The molecule has 1 aromatic heterocycles. The number of hydrogen-bond donors (Lipinski definition) is 1. The molecule has 8 nitrogen and oxygen atoms in total. The van der Waals surface area contributed by atoms with E-state index in [0.29, 0.717) is 23.4 Å². The van der Waals surface area contributed by atoms with Gasteiger partial charge in [-0.3, -0.25) is 4.79 Å². The first kappa shape index (κ1) is 35.7. The fraction of sp³-hybridized carbons (Fsp3) is 0.294. The zero-order chi connectivity index (χ0) is 35.3. The van der Waals surface area contributed by atoms with E-state index in [1.54, 1.807) is 52.0 Å². The van der Waals surface area contributed by atoms with Crippen molar-refractivity contribution in [2.45, 2.75) is 52.3 Å². The molecule has 0 aliphatic heterocycles. The van der Waals surface area contributed by atoms with Crippen LogP contribution in [0.2, 0.25) is 0 Å². The number of alkyl halides is 6. The Bertz CT molecular complexity index is 1720. The Hall–Kier alpha value is -5.14. The quantitative estimate of drug-likeness (QED) is 0.118. The highest BCUT2D eigenvalue weighted by molar-refractivity contribution is 5.71. The topological polar surface area (TPSA) is 83.8 Å². The Balaban J connectivity index is 1.63. The van der Waals surface area contributed by atoms with Crippen LogP contribution in [-0.2, 0) is 15.7 Å². The minimum absolute atomic E-state index is 0.0381. The Labute approximate surface area is 272 Å². The van der Waals surface area contributed by atoms with Crippen molar-refractivity contribution < 1.29 is 50.1 Å². The summed E-state index contributed by atoms with van der Waals surface area (Å²) in [6, 6.07) is 14.4. The summed E-state index contributed by atoms with van der Waals surface area (Å²) < 4.78 is 101. The van der Waals surface area contributed by atoms with Crippen molar-refractivity contribution >= 4 is 11.7 Å². The van der Waals surface area contributed by atoms with Crippen LogP contribution in [0.5, 0.6) is 23.1 Å². The van der Waals surface area contributed by atoms with E-state index in [0.717, 1.165) is 28.9 Å². The summed E-state index contributed by atoms with van der Waals surface area (Å²) in [5, 5.41) is 7.46. The van der Waals surface area contributed by atoms with Crippen LogP contribution in [0.1, 0.15) is 45.2 Å². The molecule has 0 aliphatic carbocycles. The molecule has 0 spiro atoms.